The van der Waals surface area contributed by atoms with Gasteiger partial charge in [-0.15, -0.1) is 11.3 Å². The second kappa shape index (κ2) is 5.93. The van der Waals surface area contributed by atoms with Crippen LogP contribution in [0.3, 0.4) is 0 Å². The highest BCUT2D eigenvalue weighted by atomic mass is 32.1. The van der Waals surface area contributed by atoms with Crippen molar-refractivity contribution in [3.63, 3.8) is 0 Å². The number of rotatable bonds is 5. The molecular weight excluding hydrogens is 249 g/mol. The van der Waals surface area contributed by atoms with Crippen LogP contribution in [0.5, 0.6) is 0 Å². The van der Waals surface area contributed by atoms with Gasteiger partial charge in [0.25, 0.3) is 0 Å². The summed E-state index contributed by atoms with van der Waals surface area (Å²) in [6, 6.07) is 5.66. The van der Waals surface area contributed by atoms with Crippen molar-refractivity contribution in [1.82, 2.24) is 4.98 Å². The Morgan fingerprint density at radius 3 is 2.89 bits per heavy atom. The van der Waals surface area contributed by atoms with E-state index in [4.69, 9.17) is 5.73 Å². The van der Waals surface area contributed by atoms with E-state index in [1.807, 2.05) is 29.3 Å². The highest BCUT2D eigenvalue weighted by Crippen LogP contribution is 2.22. The number of hydrogen-bond acceptors (Lipinski definition) is 4. The number of nitrogens with zero attached hydrogens (tertiary/aromatic N) is 2. The van der Waals surface area contributed by atoms with Crippen molar-refractivity contribution in [2.75, 3.05) is 11.4 Å². The van der Waals surface area contributed by atoms with Crippen LogP contribution in [-0.2, 0) is 13.1 Å². The van der Waals surface area contributed by atoms with E-state index in [-0.39, 0.29) is 12.4 Å². The Morgan fingerprint density at radius 1 is 1.44 bits per heavy atom. The number of hydrogen-bond donors (Lipinski definition) is 1. The number of nitrogens with two attached hydrogens (primary N) is 1. The zero-order valence-corrected chi connectivity index (χ0v) is 11.1. The zero-order chi connectivity index (χ0) is 13.0. The van der Waals surface area contributed by atoms with Gasteiger partial charge in [0.2, 0.25) is 0 Å². The average molecular weight is 265 g/mol. The van der Waals surface area contributed by atoms with Gasteiger partial charge in [-0.05, 0) is 24.4 Å². The quantitative estimate of drug-likeness (QED) is 0.904. The van der Waals surface area contributed by atoms with E-state index in [0.29, 0.717) is 24.5 Å². The average Bonchev–Trinajstić information content (AvgIpc) is 2.89. The normalized spacial score (nSPS) is 10.6. The van der Waals surface area contributed by atoms with Gasteiger partial charge in [-0.3, -0.25) is 0 Å². The van der Waals surface area contributed by atoms with Crippen LogP contribution in [0.2, 0.25) is 0 Å². The van der Waals surface area contributed by atoms with Crippen molar-refractivity contribution < 1.29 is 4.39 Å². The fourth-order valence-electron chi connectivity index (χ4n) is 1.78. The monoisotopic (exact) mass is 265 g/mol. The molecule has 0 fully saturated rings. The molecule has 3 nitrogen and oxygen atoms in total. The third kappa shape index (κ3) is 2.68. The van der Waals surface area contributed by atoms with Gasteiger partial charge in [-0.1, -0.05) is 6.07 Å². The van der Waals surface area contributed by atoms with Gasteiger partial charge in [0, 0.05) is 29.7 Å². The molecule has 2 aromatic rings. The Balaban J connectivity index is 2.27. The van der Waals surface area contributed by atoms with E-state index >= 15 is 0 Å². The van der Waals surface area contributed by atoms with Crippen molar-refractivity contribution in [2.24, 2.45) is 5.73 Å². The lowest BCUT2D eigenvalue weighted by atomic mass is 10.2. The van der Waals surface area contributed by atoms with Crippen LogP contribution in [0.15, 0.2) is 29.8 Å². The molecule has 0 atom stereocenters. The second-order valence-corrected chi connectivity index (χ2v) is 4.94. The summed E-state index contributed by atoms with van der Waals surface area (Å²) in [7, 11) is 0. The van der Waals surface area contributed by atoms with Gasteiger partial charge in [-0.2, -0.15) is 0 Å². The summed E-state index contributed by atoms with van der Waals surface area (Å²) in [5.74, 6) is 0.0762. The van der Waals surface area contributed by atoms with Crippen molar-refractivity contribution >= 4 is 17.2 Å². The minimum atomic E-state index is -0.307. The number of aromatic nitrogens is 1. The minimum Gasteiger partial charge on any atom is -0.349 e. The van der Waals surface area contributed by atoms with Gasteiger partial charge in [0.05, 0.1) is 6.54 Å². The molecular formula is C13H16FN3S. The first-order valence-corrected chi connectivity index (χ1v) is 6.75. The molecule has 0 aliphatic carbocycles. The van der Waals surface area contributed by atoms with E-state index in [1.54, 1.807) is 23.6 Å². The van der Waals surface area contributed by atoms with Crippen molar-refractivity contribution in [2.45, 2.75) is 20.0 Å². The topological polar surface area (TPSA) is 42.2 Å². The Hall–Kier alpha value is -1.46. The summed E-state index contributed by atoms with van der Waals surface area (Å²) in [5.41, 5.74) is 6.02. The van der Waals surface area contributed by atoms with E-state index in [0.717, 1.165) is 0 Å². The van der Waals surface area contributed by atoms with Crippen molar-refractivity contribution in [3.05, 3.63) is 46.0 Å². The lowest BCUT2D eigenvalue weighted by Crippen LogP contribution is -2.24. The molecule has 2 heterocycles. The molecule has 0 amide bonds. The first-order valence-electron chi connectivity index (χ1n) is 5.87. The fraction of sp³-hybridized carbons (Fsp3) is 0.308. The van der Waals surface area contributed by atoms with Crippen molar-refractivity contribution in [1.29, 1.82) is 0 Å². The fourth-order valence-corrected chi connectivity index (χ4v) is 2.50. The summed E-state index contributed by atoms with van der Waals surface area (Å²) in [6.45, 7) is 3.56. The summed E-state index contributed by atoms with van der Waals surface area (Å²) < 4.78 is 14.2. The molecule has 0 radical (unpaired) electrons. The molecule has 0 saturated carbocycles. The third-order valence-corrected chi connectivity index (χ3v) is 3.64. The Kier molecular flexibility index (Phi) is 4.28. The number of anilines is 1. The van der Waals surface area contributed by atoms with E-state index < -0.39 is 0 Å². The SMILES string of the molecule is CCN(Cc1cccs1)c1nccc(CN)c1F. The molecule has 2 rings (SSSR count). The van der Waals surface area contributed by atoms with Gasteiger partial charge in [0.1, 0.15) is 0 Å². The first-order chi connectivity index (χ1) is 8.76. The second-order valence-electron chi connectivity index (χ2n) is 3.91. The third-order valence-electron chi connectivity index (χ3n) is 2.78. The summed E-state index contributed by atoms with van der Waals surface area (Å²) >= 11 is 1.66. The standard InChI is InChI=1S/C13H16FN3S/c1-2-17(9-11-4-3-7-18-11)13-12(14)10(8-15)5-6-16-13/h3-7H,2,8-9,15H2,1H3. The molecule has 0 aliphatic rings. The molecule has 96 valence electrons. The van der Waals surface area contributed by atoms with Gasteiger partial charge in [0.15, 0.2) is 11.6 Å². The molecule has 0 bridgehead atoms. The highest BCUT2D eigenvalue weighted by molar-refractivity contribution is 7.09. The Morgan fingerprint density at radius 2 is 2.28 bits per heavy atom. The van der Waals surface area contributed by atoms with Gasteiger partial charge >= 0.3 is 0 Å². The van der Waals surface area contributed by atoms with Crippen LogP contribution >= 0.6 is 11.3 Å². The maximum absolute atomic E-state index is 14.2. The largest absolute Gasteiger partial charge is 0.349 e. The summed E-state index contributed by atoms with van der Waals surface area (Å²) in [4.78, 5) is 7.25. The van der Waals surface area contributed by atoms with Crippen LogP contribution in [0, 0.1) is 5.82 Å². The maximum Gasteiger partial charge on any atom is 0.170 e. The van der Waals surface area contributed by atoms with E-state index in [2.05, 4.69) is 4.98 Å². The molecule has 0 saturated heterocycles. The molecule has 5 heteroatoms. The number of halogens is 1. The summed E-state index contributed by atoms with van der Waals surface area (Å²) in [6.07, 6.45) is 1.61. The Bertz CT molecular complexity index is 499. The predicted octanol–water partition coefficient (Wildman–Crippen LogP) is 2.77. The van der Waals surface area contributed by atoms with Crippen LogP contribution in [0.1, 0.15) is 17.4 Å². The number of thiophene rings is 1. The minimum absolute atomic E-state index is 0.192. The molecule has 2 aromatic heterocycles. The molecule has 0 unspecified atom stereocenters. The molecule has 18 heavy (non-hydrogen) atoms. The van der Waals surface area contributed by atoms with Gasteiger partial charge < -0.3 is 10.6 Å². The highest BCUT2D eigenvalue weighted by Gasteiger charge is 2.15. The van der Waals surface area contributed by atoms with Crippen LogP contribution < -0.4 is 10.6 Å². The van der Waals surface area contributed by atoms with Crippen LogP contribution in [0.4, 0.5) is 10.2 Å². The van der Waals surface area contributed by atoms with E-state index in [9.17, 15) is 4.39 Å². The lowest BCUT2D eigenvalue weighted by molar-refractivity contribution is 0.594. The number of pyridine rings is 1. The van der Waals surface area contributed by atoms with Gasteiger partial charge in [-0.25, -0.2) is 9.37 Å². The smallest absolute Gasteiger partial charge is 0.170 e. The molecule has 0 aromatic carbocycles. The van der Waals surface area contributed by atoms with Crippen LogP contribution in [0.25, 0.3) is 0 Å². The molecule has 0 aliphatic heterocycles. The predicted molar refractivity (Wildman–Crippen MR) is 73.1 cm³/mol. The van der Waals surface area contributed by atoms with Crippen LogP contribution in [-0.4, -0.2) is 11.5 Å². The van der Waals surface area contributed by atoms with E-state index in [1.165, 1.54) is 4.88 Å². The first kappa shape index (κ1) is 13.0. The van der Waals surface area contributed by atoms with Crippen molar-refractivity contribution in [3.8, 4) is 0 Å². The molecule has 0 spiro atoms. The maximum atomic E-state index is 14.2. The Labute approximate surface area is 110 Å². The summed E-state index contributed by atoms with van der Waals surface area (Å²) in [5, 5.41) is 2.02. The zero-order valence-electron chi connectivity index (χ0n) is 10.3. The molecule has 2 N–H and O–H groups in total. The lowest BCUT2D eigenvalue weighted by Gasteiger charge is -2.22.